The van der Waals surface area contributed by atoms with Gasteiger partial charge >= 0.3 is 6.18 Å². The minimum absolute atomic E-state index is 0.0849. The standard InChI is InChI=1S/C21H15F3N4O2S/c1-13-8-15(21(22,23)24)2-4-18(13)20-19-5-3-17(9-14(19)10-27-28-20)31(29,30)11-16-6-7-25-12-26-16/h2-10,12H,11H2,1H3. The number of halogens is 3. The Hall–Kier alpha value is -3.40. The summed E-state index contributed by atoms with van der Waals surface area (Å²) in [5, 5.41) is 9.10. The molecule has 2 aromatic carbocycles. The molecule has 0 saturated heterocycles. The molecule has 0 aliphatic heterocycles. The van der Waals surface area contributed by atoms with E-state index in [0.29, 0.717) is 33.3 Å². The second-order valence-corrected chi connectivity index (χ2v) is 8.92. The van der Waals surface area contributed by atoms with E-state index >= 15 is 0 Å². The average Bonchev–Trinajstić information content (AvgIpc) is 2.73. The fraction of sp³-hybridized carbons (Fsp3) is 0.143. The number of hydrogen-bond acceptors (Lipinski definition) is 6. The molecule has 0 aliphatic rings. The van der Waals surface area contributed by atoms with Crippen molar-refractivity contribution in [3.05, 3.63) is 78.0 Å². The summed E-state index contributed by atoms with van der Waals surface area (Å²) >= 11 is 0. The fourth-order valence-corrected chi connectivity index (χ4v) is 4.55. The van der Waals surface area contributed by atoms with E-state index in [9.17, 15) is 21.6 Å². The molecule has 0 unspecified atom stereocenters. The molecule has 158 valence electrons. The second kappa shape index (κ2) is 7.69. The predicted octanol–water partition coefficient (Wildman–Crippen LogP) is 4.39. The summed E-state index contributed by atoms with van der Waals surface area (Å²) in [5.41, 5.74) is 0.868. The van der Waals surface area contributed by atoms with Crippen LogP contribution in [0.4, 0.5) is 13.2 Å². The highest BCUT2D eigenvalue weighted by Gasteiger charge is 2.31. The number of nitrogens with zero attached hydrogens (tertiary/aromatic N) is 4. The van der Waals surface area contributed by atoms with Crippen LogP contribution in [0.25, 0.3) is 22.0 Å². The van der Waals surface area contributed by atoms with Gasteiger partial charge in [-0.1, -0.05) is 12.1 Å². The Morgan fingerprint density at radius 2 is 1.84 bits per heavy atom. The van der Waals surface area contributed by atoms with Gasteiger partial charge in [0.1, 0.15) is 12.0 Å². The van der Waals surface area contributed by atoms with E-state index in [1.54, 1.807) is 13.0 Å². The fourth-order valence-electron chi connectivity index (χ4n) is 3.25. The van der Waals surface area contributed by atoms with Crippen molar-refractivity contribution in [2.75, 3.05) is 0 Å². The van der Waals surface area contributed by atoms with E-state index in [1.807, 2.05) is 0 Å². The molecule has 0 spiro atoms. The zero-order valence-corrected chi connectivity index (χ0v) is 16.9. The number of aryl methyl sites for hydroxylation is 1. The van der Waals surface area contributed by atoms with E-state index in [1.165, 1.54) is 43.0 Å². The largest absolute Gasteiger partial charge is 0.416 e. The number of aromatic nitrogens is 4. The first-order valence-electron chi connectivity index (χ1n) is 9.06. The third kappa shape index (κ3) is 4.24. The number of hydrogen-bond donors (Lipinski definition) is 0. The summed E-state index contributed by atoms with van der Waals surface area (Å²) in [5.74, 6) is -0.287. The van der Waals surface area contributed by atoms with Gasteiger partial charge in [0.2, 0.25) is 0 Å². The van der Waals surface area contributed by atoms with Crippen LogP contribution in [0.2, 0.25) is 0 Å². The van der Waals surface area contributed by atoms with Crippen molar-refractivity contribution in [2.24, 2.45) is 0 Å². The Morgan fingerprint density at radius 3 is 2.52 bits per heavy atom. The highest BCUT2D eigenvalue weighted by atomic mass is 32.2. The van der Waals surface area contributed by atoms with Crippen molar-refractivity contribution < 1.29 is 21.6 Å². The summed E-state index contributed by atoms with van der Waals surface area (Å²) in [7, 11) is -3.68. The molecule has 10 heteroatoms. The molecular formula is C21H15F3N4O2S. The molecule has 0 N–H and O–H groups in total. The van der Waals surface area contributed by atoms with Crippen molar-refractivity contribution in [1.29, 1.82) is 0 Å². The van der Waals surface area contributed by atoms with Crippen LogP contribution in [0.15, 0.2) is 66.1 Å². The van der Waals surface area contributed by atoms with Gasteiger partial charge < -0.3 is 0 Å². The lowest BCUT2D eigenvalue weighted by Crippen LogP contribution is -2.07. The van der Waals surface area contributed by atoms with Crippen LogP contribution in [0.3, 0.4) is 0 Å². The highest BCUT2D eigenvalue weighted by Crippen LogP contribution is 2.35. The smallest absolute Gasteiger partial charge is 0.245 e. The lowest BCUT2D eigenvalue weighted by atomic mass is 9.99. The molecule has 0 bridgehead atoms. The van der Waals surface area contributed by atoms with Crippen molar-refractivity contribution in [3.63, 3.8) is 0 Å². The molecular weight excluding hydrogens is 429 g/mol. The number of benzene rings is 2. The summed E-state index contributed by atoms with van der Waals surface area (Å²) in [4.78, 5) is 7.80. The van der Waals surface area contributed by atoms with Crippen molar-refractivity contribution in [3.8, 4) is 11.3 Å². The van der Waals surface area contributed by atoms with Crippen LogP contribution in [-0.2, 0) is 21.8 Å². The molecule has 0 fully saturated rings. The SMILES string of the molecule is Cc1cc(C(F)(F)F)ccc1-c1nncc2cc(S(=O)(=O)Cc3ccncn3)ccc12. The Bertz CT molecular complexity index is 1370. The Kier molecular flexibility index (Phi) is 5.18. The summed E-state index contributed by atoms with van der Waals surface area (Å²) in [6, 6.07) is 9.42. The topological polar surface area (TPSA) is 85.7 Å². The lowest BCUT2D eigenvalue weighted by Gasteiger charge is -2.12. The average molecular weight is 444 g/mol. The molecule has 31 heavy (non-hydrogen) atoms. The molecule has 4 aromatic rings. The van der Waals surface area contributed by atoms with Crippen LogP contribution >= 0.6 is 0 Å². The minimum atomic E-state index is -4.44. The first-order chi connectivity index (χ1) is 14.6. The molecule has 0 aliphatic carbocycles. The highest BCUT2D eigenvalue weighted by molar-refractivity contribution is 7.90. The van der Waals surface area contributed by atoms with Crippen LogP contribution in [0, 0.1) is 6.92 Å². The van der Waals surface area contributed by atoms with Crippen LogP contribution < -0.4 is 0 Å². The molecule has 4 rings (SSSR count). The Morgan fingerprint density at radius 1 is 1.03 bits per heavy atom. The van der Waals surface area contributed by atoms with E-state index < -0.39 is 21.6 Å². The second-order valence-electron chi connectivity index (χ2n) is 6.93. The third-order valence-electron chi connectivity index (χ3n) is 4.78. The maximum atomic E-state index is 13.0. The quantitative estimate of drug-likeness (QED) is 0.464. The van der Waals surface area contributed by atoms with Gasteiger partial charge in [0, 0.05) is 22.5 Å². The van der Waals surface area contributed by atoms with Gasteiger partial charge in [0.25, 0.3) is 0 Å². The zero-order valence-electron chi connectivity index (χ0n) is 16.1. The van der Waals surface area contributed by atoms with Crippen LogP contribution in [0.5, 0.6) is 0 Å². The maximum Gasteiger partial charge on any atom is 0.416 e. The van der Waals surface area contributed by atoms with Crippen LogP contribution in [0.1, 0.15) is 16.8 Å². The van der Waals surface area contributed by atoms with Crippen LogP contribution in [-0.4, -0.2) is 28.6 Å². The van der Waals surface area contributed by atoms with Gasteiger partial charge in [-0.15, -0.1) is 5.10 Å². The van der Waals surface area contributed by atoms with Gasteiger partial charge in [-0.2, -0.15) is 18.3 Å². The van der Waals surface area contributed by atoms with Crippen molar-refractivity contribution in [2.45, 2.75) is 23.7 Å². The molecule has 0 amide bonds. The van der Waals surface area contributed by atoms with Gasteiger partial charge in [-0.3, -0.25) is 0 Å². The van der Waals surface area contributed by atoms with E-state index in [4.69, 9.17) is 0 Å². The summed E-state index contributed by atoms with van der Waals surface area (Å²) < 4.78 is 64.5. The molecule has 6 nitrogen and oxygen atoms in total. The van der Waals surface area contributed by atoms with E-state index in [0.717, 1.165) is 12.1 Å². The number of sulfone groups is 1. The molecule has 2 aromatic heterocycles. The molecule has 0 atom stereocenters. The van der Waals surface area contributed by atoms with Gasteiger partial charge in [0.15, 0.2) is 9.84 Å². The number of fused-ring (bicyclic) bond motifs is 1. The Labute approximate surface area is 175 Å². The molecule has 2 heterocycles. The van der Waals surface area contributed by atoms with E-state index in [-0.39, 0.29) is 10.6 Å². The first-order valence-corrected chi connectivity index (χ1v) is 10.7. The third-order valence-corrected chi connectivity index (χ3v) is 6.43. The molecule has 0 saturated carbocycles. The Balaban J connectivity index is 1.76. The number of rotatable bonds is 4. The zero-order chi connectivity index (χ0) is 22.2. The normalized spacial score (nSPS) is 12.3. The van der Waals surface area contributed by atoms with Gasteiger partial charge in [0.05, 0.1) is 28.1 Å². The van der Waals surface area contributed by atoms with Crippen molar-refractivity contribution in [1.82, 2.24) is 20.2 Å². The summed E-state index contributed by atoms with van der Waals surface area (Å²) in [6.07, 6.45) is -0.283. The van der Waals surface area contributed by atoms with Gasteiger partial charge in [-0.25, -0.2) is 18.4 Å². The first kappa shape index (κ1) is 20.9. The van der Waals surface area contributed by atoms with Crippen molar-refractivity contribution >= 4 is 20.6 Å². The maximum absolute atomic E-state index is 13.0. The van der Waals surface area contributed by atoms with E-state index in [2.05, 4.69) is 20.2 Å². The minimum Gasteiger partial charge on any atom is -0.245 e. The van der Waals surface area contributed by atoms with Gasteiger partial charge in [-0.05, 0) is 42.8 Å². The number of alkyl halides is 3. The predicted molar refractivity (Wildman–Crippen MR) is 108 cm³/mol. The lowest BCUT2D eigenvalue weighted by molar-refractivity contribution is -0.137. The molecule has 0 radical (unpaired) electrons. The summed E-state index contributed by atoms with van der Waals surface area (Å²) in [6.45, 7) is 1.56. The monoisotopic (exact) mass is 444 g/mol.